The normalized spacial score (nSPS) is 22.8. The molecule has 1 unspecified atom stereocenters. The maximum atomic E-state index is 4.09. The third-order valence-electron chi connectivity index (χ3n) is 2.09. The van der Waals surface area contributed by atoms with Crippen LogP contribution in [-0.2, 0) is 6.42 Å². The minimum atomic E-state index is 0.368. The summed E-state index contributed by atoms with van der Waals surface area (Å²) in [5.74, 6) is 0. The van der Waals surface area contributed by atoms with Gasteiger partial charge in [0.2, 0.25) is 0 Å². The lowest BCUT2D eigenvalue weighted by molar-refractivity contribution is 0.518. The molecule has 1 aromatic heterocycles. The molecule has 0 saturated heterocycles. The van der Waals surface area contributed by atoms with Crippen LogP contribution in [0.1, 0.15) is 24.2 Å². The van der Waals surface area contributed by atoms with E-state index in [1.807, 2.05) is 0 Å². The van der Waals surface area contributed by atoms with Gasteiger partial charge in [-0.2, -0.15) is 10.2 Å². The summed E-state index contributed by atoms with van der Waals surface area (Å²) in [5.41, 5.74) is 2.45. The van der Waals surface area contributed by atoms with Gasteiger partial charge in [0, 0.05) is 12.2 Å². The van der Waals surface area contributed by atoms with Crippen LogP contribution in [0.4, 0.5) is 0 Å². The van der Waals surface area contributed by atoms with Gasteiger partial charge in [0.1, 0.15) is 0 Å². The van der Waals surface area contributed by atoms with Crippen molar-refractivity contribution in [2.24, 2.45) is 0 Å². The van der Waals surface area contributed by atoms with Gasteiger partial charge in [-0.15, -0.1) is 0 Å². The summed E-state index contributed by atoms with van der Waals surface area (Å²) < 4.78 is 0. The molecule has 58 valence electrons. The predicted molar refractivity (Wildman–Crippen MR) is 42.2 cm³/mol. The second kappa shape index (κ2) is 2.58. The Balaban J connectivity index is 2.44. The molecule has 0 aliphatic carbocycles. The Bertz CT molecular complexity index is 259. The van der Waals surface area contributed by atoms with Crippen molar-refractivity contribution in [1.82, 2.24) is 15.5 Å². The molecule has 0 spiro atoms. The molecule has 0 amide bonds. The topological polar surface area (TPSA) is 37.8 Å². The molecule has 0 saturated carbocycles. The van der Waals surface area contributed by atoms with Gasteiger partial charge >= 0.3 is 0 Å². The van der Waals surface area contributed by atoms with Crippen LogP contribution in [0.2, 0.25) is 0 Å². The molecule has 0 bridgehead atoms. The Labute approximate surface area is 65.8 Å². The lowest BCUT2D eigenvalue weighted by atomic mass is 10.0. The molecule has 2 rings (SSSR count). The van der Waals surface area contributed by atoms with E-state index in [1.54, 1.807) is 6.20 Å². The average Bonchev–Trinajstić information content (AvgIpc) is 2.06. The van der Waals surface area contributed by atoms with Gasteiger partial charge in [0.15, 0.2) is 0 Å². The summed E-state index contributed by atoms with van der Waals surface area (Å²) in [5, 5.41) is 11.3. The number of hydrogen-bond acceptors (Lipinski definition) is 3. The standard InChI is InChI=1S/C8H11N3/c1-6-8-7(2-4-9-6)3-5-10-11-8/h3,5-6,9H,2,4H2,1H3. The van der Waals surface area contributed by atoms with Crippen molar-refractivity contribution in [1.29, 1.82) is 0 Å². The van der Waals surface area contributed by atoms with Crippen molar-refractivity contribution in [3.05, 3.63) is 23.5 Å². The Hall–Kier alpha value is -0.960. The molecule has 1 N–H and O–H groups in total. The van der Waals surface area contributed by atoms with Crippen molar-refractivity contribution in [2.75, 3.05) is 6.54 Å². The fourth-order valence-corrected chi connectivity index (χ4v) is 1.46. The second-order valence-electron chi connectivity index (χ2n) is 2.87. The molecule has 1 aliphatic rings. The zero-order valence-corrected chi connectivity index (χ0v) is 6.54. The van der Waals surface area contributed by atoms with E-state index < -0.39 is 0 Å². The number of nitrogens with zero attached hydrogens (tertiary/aromatic N) is 2. The number of fused-ring (bicyclic) bond motifs is 1. The molecule has 2 heterocycles. The van der Waals surface area contributed by atoms with E-state index in [4.69, 9.17) is 0 Å². The van der Waals surface area contributed by atoms with Crippen molar-refractivity contribution in [3.8, 4) is 0 Å². The first kappa shape index (κ1) is 6.73. The van der Waals surface area contributed by atoms with Crippen molar-refractivity contribution in [2.45, 2.75) is 19.4 Å². The van der Waals surface area contributed by atoms with E-state index >= 15 is 0 Å². The highest BCUT2D eigenvalue weighted by atomic mass is 15.1. The summed E-state index contributed by atoms with van der Waals surface area (Å²) in [6.07, 6.45) is 2.84. The van der Waals surface area contributed by atoms with E-state index in [0.29, 0.717) is 6.04 Å². The van der Waals surface area contributed by atoms with Crippen LogP contribution >= 0.6 is 0 Å². The van der Waals surface area contributed by atoms with Gasteiger partial charge in [-0.25, -0.2) is 0 Å². The molecule has 3 heteroatoms. The SMILES string of the molecule is CC1NCCc2ccnnc21. The van der Waals surface area contributed by atoms with Gasteiger partial charge in [0.25, 0.3) is 0 Å². The molecule has 0 aromatic carbocycles. The highest BCUT2D eigenvalue weighted by molar-refractivity contribution is 5.22. The molecule has 3 nitrogen and oxygen atoms in total. The Kier molecular flexibility index (Phi) is 1.58. The van der Waals surface area contributed by atoms with Crippen LogP contribution in [0.25, 0.3) is 0 Å². The third kappa shape index (κ3) is 1.12. The fourth-order valence-electron chi connectivity index (χ4n) is 1.46. The molecular formula is C8H11N3. The van der Waals surface area contributed by atoms with E-state index in [1.165, 1.54) is 5.56 Å². The summed E-state index contributed by atoms with van der Waals surface area (Å²) in [6.45, 7) is 3.17. The highest BCUT2D eigenvalue weighted by Crippen LogP contribution is 2.17. The van der Waals surface area contributed by atoms with Gasteiger partial charge in [-0.05, 0) is 31.5 Å². The monoisotopic (exact) mass is 149 g/mol. The molecule has 11 heavy (non-hydrogen) atoms. The zero-order chi connectivity index (χ0) is 7.68. The average molecular weight is 149 g/mol. The largest absolute Gasteiger partial charge is 0.308 e. The van der Waals surface area contributed by atoms with E-state index in [2.05, 4.69) is 28.5 Å². The van der Waals surface area contributed by atoms with E-state index in [-0.39, 0.29) is 0 Å². The van der Waals surface area contributed by atoms with Gasteiger partial charge in [-0.3, -0.25) is 0 Å². The van der Waals surface area contributed by atoms with Crippen LogP contribution in [0.5, 0.6) is 0 Å². The molecular weight excluding hydrogens is 138 g/mol. The number of rotatable bonds is 0. The van der Waals surface area contributed by atoms with Gasteiger partial charge < -0.3 is 5.32 Å². The smallest absolute Gasteiger partial charge is 0.0829 e. The minimum absolute atomic E-state index is 0.368. The van der Waals surface area contributed by atoms with Gasteiger partial charge in [-0.1, -0.05) is 0 Å². The molecule has 0 fully saturated rings. The van der Waals surface area contributed by atoms with Crippen LogP contribution < -0.4 is 5.32 Å². The first-order valence-corrected chi connectivity index (χ1v) is 3.92. The summed E-state index contributed by atoms with van der Waals surface area (Å²) in [7, 11) is 0. The number of nitrogens with one attached hydrogen (secondary N) is 1. The van der Waals surface area contributed by atoms with Crippen LogP contribution in [0.15, 0.2) is 12.3 Å². The molecule has 1 aromatic rings. The highest BCUT2D eigenvalue weighted by Gasteiger charge is 2.16. The van der Waals surface area contributed by atoms with Crippen LogP contribution in [0.3, 0.4) is 0 Å². The summed E-state index contributed by atoms with van der Waals surface area (Å²) >= 11 is 0. The van der Waals surface area contributed by atoms with Crippen molar-refractivity contribution in [3.63, 3.8) is 0 Å². The fraction of sp³-hybridized carbons (Fsp3) is 0.500. The Morgan fingerprint density at radius 3 is 3.36 bits per heavy atom. The maximum absolute atomic E-state index is 4.09. The number of hydrogen-bond donors (Lipinski definition) is 1. The first-order valence-electron chi connectivity index (χ1n) is 3.92. The second-order valence-corrected chi connectivity index (χ2v) is 2.87. The third-order valence-corrected chi connectivity index (χ3v) is 2.09. The summed E-state index contributed by atoms with van der Waals surface area (Å²) in [4.78, 5) is 0. The predicted octanol–water partition coefficient (Wildman–Crippen LogP) is 0.683. The van der Waals surface area contributed by atoms with Crippen molar-refractivity contribution < 1.29 is 0 Å². The van der Waals surface area contributed by atoms with Crippen LogP contribution in [-0.4, -0.2) is 16.7 Å². The Morgan fingerprint density at radius 2 is 2.55 bits per heavy atom. The van der Waals surface area contributed by atoms with Crippen molar-refractivity contribution >= 4 is 0 Å². The molecule has 1 aliphatic heterocycles. The van der Waals surface area contributed by atoms with E-state index in [9.17, 15) is 0 Å². The quantitative estimate of drug-likeness (QED) is 0.589. The first-order chi connectivity index (χ1) is 5.38. The van der Waals surface area contributed by atoms with E-state index in [0.717, 1.165) is 18.7 Å². The lowest BCUT2D eigenvalue weighted by Gasteiger charge is -2.21. The molecule has 0 radical (unpaired) electrons. The minimum Gasteiger partial charge on any atom is -0.308 e. The summed E-state index contributed by atoms with van der Waals surface area (Å²) in [6, 6.07) is 2.42. The van der Waals surface area contributed by atoms with Crippen LogP contribution in [0, 0.1) is 0 Å². The maximum Gasteiger partial charge on any atom is 0.0829 e. The Morgan fingerprint density at radius 1 is 1.64 bits per heavy atom. The van der Waals surface area contributed by atoms with Gasteiger partial charge in [0.05, 0.1) is 5.69 Å². The zero-order valence-electron chi connectivity index (χ0n) is 6.54. The number of aromatic nitrogens is 2. The lowest BCUT2D eigenvalue weighted by Crippen LogP contribution is -2.28. The molecule has 1 atom stereocenters.